The minimum atomic E-state index is -0.156. The summed E-state index contributed by atoms with van der Waals surface area (Å²) in [4.78, 5) is 21.7. The van der Waals surface area contributed by atoms with Gasteiger partial charge in [-0.3, -0.25) is 9.78 Å². The van der Waals surface area contributed by atoms with Crippen LogP contribution in [0.4, 0.5) is 11.4 Å². The number of aromatic nitrogens is 1. The van der Waals surface area contributed by atoms with E-state index >= 15 is 0 Å². The number of hydrogen-bond donors (Lipinski definition) is 1. The molecular weight excluding hydrogens is 392 g/mol. The van der Waals surface area contributed by atoms with Gasteiger partial charge in [-0.2, -0.15) is 0 Å². The molecule has 0 bridgehead atoms. The van der Waals surface area contributed by atoms with Crippen LogP contribution in [0.15, 0.2) is 18.5 Å². The van der Waals surface area contributed by atoms with Crippen LogP contribution in [-0.2, 0) is 4.79 Å². The zero-order valence-corrected chi connectivity index (χ0v) is 17.2. The van der Waals surface area contributed by atoms with Gasteiger partial charge in [-0.25, -0.2) is 0 Å². The van der Waals surface area contributed by atoms with E-state index in [-0.39, 0.29) is 11.3 Å². The van der Waals surface area contributed by atoms with Gasteiger partial charge < -0.3 is 15.5 Å². The first-order chi connectivity index (χ1) is 12.6. The predicted molar refractivity (Wildman–Crippen MR) is 111 cm³/mol. The summed E-state index contributed by atoms with van der Waals surface area (Å²) in [6, 6.07) is 1.86. The van der Waals surface area contributed by atoms with Crippen LogP contribution < -0.4 is 10.6 Å². The highest BCUT2D eigenvalue weighted by molar-refractivity contribution is 9.09. The summed E-state index contributed by atoms with van der Waals surface area (Å²) < 4.78 is 0. The van der Waals surface area contributed by atoms with Crippen LogP contribution in [0.2, 0.25) is 0 Å². The Kier molecular flexibility index (Phi) is 6.92. The Morgan fingerprint density at radius 3 is 2.46 bits per heavy atom. The Morgan fingerprint density at radius 1 is 1.04 bits per heavy atom. The van der Waals surface area contributed by atoms with Gasteiger partial charge in [0.15, 0.2) is 0 Å². The number of likely N-dealkylation sites (tertiary alicyclic amines) is 1. The Morgan fingerprint density at radius 2 is 1.73 bits per heavy atom. The molecule has 3 heterocycles. The monoisotopic (exact) mass is 422 g/mol. The average molecular weight is 423 g/mol. The molecule has 6 heteroatoms. The van der Waals surface area contributed by atoms with Crippen molar-refractivity contribution in [2.45, 2.75) is 51.4 Å². The van der Waals surface area contributed by atoms with Crippen LogP contribution in [0.25, 0.3) is 0 Å². The summed E-state index contributed by atoms with van der Waals surface area (Å²) in [6.45, 7) is 4.07. The second-order valence-electron chi connectivity index (χ2n) is 7.76. The van der Waals surface area contributed by atoms with Gasteiger partial charge in [0.1, 0.15) is 0 Å². The van der Waals surface area contributed by atoms with E-state index in [1.54, 1.807) is 12.4 Å². The number of nitrogens with zero attached hydrogens (tertiary/aromatic N) is 3. The number of nitrogen functional groups attached to an aromatic ring is 1. The molecule has 1 aromatic heterocycles. The molecule has 0 saturated carbocycles. The number of piperidine rings is 1. The standard InChI is InChI=1S/C20H31BrN4O/c21-9-4-2-1-3-5-10-24-11-6-20(7-12-24)8-13-25(19(20)26)18-14-17(22)15-23-16-18/h14-16H,1-13,22H2. The largest absolute Gasteiger partial charge is 0.397 e. The SMILES string of the molecule is Nc1cncc(N2CCC3(CCN(CCCCCCCBr)CC3)C2=O)c1. The molecule has 26 heavy (non-hydrogen) atoms. The molecule has 2 saturated heterocycles. The number of carbonyl (C=O) groups is 1. The molecule has 144 valence electrons. The molecule has 1 spiro atoms. The lowest BCUT2D eigenvalue weighted by molar-refractivity contribution is -0.128. The van der Waals surface area contributed by atoms with E-state index in [2.05, 4.69) is 25.8 Å². The van der Waals surface area contributed by atoms with Crippen molar-refractivity contribution in [2.24, 2.45) is 5.41 Å². The first kappa shape index (κ1) is 19.6. The van der Waals surface area contributed by atoms with Crippen LogP contribution in [0.5, 0.6) is 0 Å². The van der Waals surface area contributed by atoms with Gasteiger partial charge in [0.2, 0.25) is 5.91 Å². The maximum absolute atomic E-state index is 13.1. The molecule has 2 fully saturated rings. The van der Waals surface area contributed by atoms with E-state index in [0.717, 1.165) is 49.9 Å². The van der Waals surface area contributed by atoms with E-state index < -0.39 is 0 Å². The number of anilines is 2. The van der Waals surface area contributed by atoms with Gasteiger partial charge in [-0.05, 0) is 57.8 Å². The van der Waals surface area contributed by atoms with Gasteiger partial charge in [0.25, 0.3) is 0 Å². The normalized spacial score (nSPS) is 20.2. The predicted octanol–water partition coefficient (Wildman–Crippen LogP) is 3.83. The zero-order valence-electron chi connectivity index (χ0n) is 15.6. The molecule has 1 amide bonds. The number of unbranched alkanes of at least 4 members (excludes halogenated alkanes) is 4. The molecule has 0 aliphatic carbocycles. The van der Waals surface area contributed by atoms with Crippen molar-refractivity contribution < 1.29 is 4.79 Å². The lowest BCUT2D eigenvalue weighted by Gasteiger charge is -2.38. The maximum atomic E-state index is 13.1. The molecule has 0 unspecified atom stereocenters. The fourth-order valence-corrected chi connectivity index (χ4v) is 4.68. The topological polar surface area (TPSA) is 62.5 Å². The van der Waals surface area contributed by atoms with Gasteiger partial charge >= 0.3 is 0 Å². The second-order valence-corrected chi connectivity index (χ2v) is 8.55. The van der Waals surface area contributed by atoms with Crippen LogP contribution in [0.3, 0.4) is 0 Å². The minimum absolute atomic E-state index is 0.156. The van der Waals surface area contributed by atoms with Crippen LogP contribution in [0, 0.1) is 5.41 Å². The Labute approximate surface area is 165 Å². The molecule has 0 radical (unpaired) electrons. The smallest absolute Gasteiger partial charge is 0.233 e. The number of amides is 1. The molecule has 0 atom stereocenters. The number of nitrogens with two attached hydrogens (primary N) is 1. The fourth-order valence-electron chi connectivity index (χ4n) is 4.29. The van der Waals surface area contributed by atoms with Crippen molar-refractivity contribution in [3.63, 3.8) is 0 Å². The molecule has 2 aliphatic heterocycles. The van der Waals surface area contributed by atoms with Crippen molar-refractivity contribution >= 4 is 33.2 Å². The summed E-state index contributed by atoms with van der Waals surface area (Å²) in [5.41, 5.74) is 7.14. The Hall–Kier alpha value is -1.14. The van der Waals surface area contributed by atoms with Crippen molar-refractivity contribution in [3.8, 4) is 0 Å². The Balaban J connectivity index is 1.46. The van der Waals surface area contributed by atoms with Crippen molar-refractivity contribution in [3.05, 3.63) is 18.5 Å². The number of alkyl halides is 1. The lowest BCUT2D eigenvalue weighted by Crippen LogP contribution is -2.45. The quantitative estimate of drug-likeness (QED) is 0.510. The third kappa shape index (κ3) is 4.58. The fraction of sp³-hybridized carbons (Fsp3) is 0.700. The van der Waals surface area contributed by atoms with E-state index in [1.807, 2.05) is 11.0 Å². The molecule has 3 rings (SSSR count). The second kappa shape index (κ2) is 9.18. The lowest BCUT2D eigenvalue weighted by atomic mass is 9.77. The summed E-state index contributed by atoms with van der Waals surface area (Å²) in [5.74, 6) is 0.277. The molecular formula is C20H31BrN4O. The van der Waals surface area contributed by atoms with Gasteiger partial charge in [-0.1, -0.05) is 35.2 Å². The van der Waals surface area contributed by atoms with E-state index in [9.17, 15) is 4.79 Å². The third-order valence-electron chi connectivity index (χ3n) is 5.99. The summed E-state index contributed by atoms with van der Waals surface area (Å²) in [7, 11) is 0. The van der Waals surface area contributed by atoms with Crippen LogP contribution >= 0.6 is 15.9 Å². The highest BCUT2D eigenvalue weighted by Crippen LogP contribution is 2.43. The van der Waals surface area contributed by atoms with E-state index in [1.165, 1.54) is 38.6 Å². The highest BCUT2D eigenvalue weighted by atomic mass is 79.9. The van der Waals surface area contributed by atoms with Crippen LogP contribution in [-0.4, -0.2) is 47.3 Å². The van der Waals surface area contributed by atoms with Gasteiger partial charge in [0.05, 0.1) is 23.0 Å². The number of rotatable bonds is 8. The molecule has 2 aliphatic rings. The summed E-state index contributed by atoms with van der Waals surface area (Å²) >= 11 is 3.49. The van der Waals surface area contributed by atoms with Crippen molar-refractivity contribution in [1.82, 2.24) is 9.88 Å². The molecule has 1 aromatic rings. The third-order valence-corrected chi connectivity index (χ3v) is 6.55. The van der Waals surface area contributed by atoms with E-state index in [4.69, 9.17) is 5.73 Å². The maximum Gasteiger partial charge on any atom is 0.233 e. The van der Waals surface area contributed by atoms with Crippen molar-refractivity contribution in [1.29, 1.82) is 0 Å². The molecule has 2 N–H and O–H groups in total. The number of pyridine rings is 1. The summed E-state index contributed by atoms with van der Waals surface area (Å²) in [5, 5.41) is 1.12. The van der Waals surface area contributed by atoms with Gasteiger partial charge in [0, 0.05) is 18.1 Å². The zero-order chi connectivity index (χ0) is 18.4. The van der Waals surface area contributed by atoms with E-state index in [0.29, 0.717) is 5.69 Å². The van der Waals surface area contributed by atoms with Crippen LogP contribution in [0.1, 0.15) is 51.4 Å². The molecule has 0 aromatic carbocycles. The minimum Gasteiger partial charge on any atom is -0.397 e. The number of carbonyl (C=O) groups excluding carboxylic acids is 1. The molecule has 5 nitrogen and oxygen atoms in total. The summed E-state index contributed by atoms with van der Waals surface area (Å²) in [6.07, 6.45) is 12.9. The van der Waals surface area contributed by atoms with Crippen molar-refractivity contribution in [2.75, 3.05) is 42.1 Å². The highest BCUT2D eigenvalue weighted by Gasteiger charge is 2.48. The number of hydrogen-bond acceptors (Lipinski definition) is 4. The average Bonchev–Trinajstić information content (AvgIpc) is 2.96. The first-order valence-electron chi connectivity index (χ1n) is 9.95. The Bertz CT molecular complexity index is 601. The first-order valence-corrected chi connectivity index (χ1v) is 11.1. The number of halogens is 1. The van der Waals surface area contributed by atoms with Gasteiger partial charge in [-0.15, -0.1) is 0 Å².